The molecule has 2 saturated heterocycles. The average Bonchev–Trinajstić information content (AvgIpc) is 0.888. The van der Waals surface area contributed by atoms with Crippen LogP contribution in [0.25, 0.3) is 0 Å². The molecule has 0 aromatic heterocycles. The van der Waals surface area contributed by atoms with Crippen LogP contribution in [-0.4, -0.2) is 140 Å². The van der Waals surface area contributed by atoms with Crippen molar-refractivity contribution in [2.24, 2.45) is 0 Å². The number of allylic oxidation sites excluding steroid dienone is 20. The Morgan fingerprint density at radius 3 is 1.16 bits per heavy atom. The minimum atomic E-state index is -1.79. The minimum absolute atomic E-state index is 0.233. The second-order valence-corrected chi connectivity index (χ2v) is 25.0. The molecule has 0 bridgehead atoms. The van der Waals surface area contributed by atoms with Crippen LogP contribution in [0.4, 0.5) is 0 Å². The van der Waals surface area contributed by atoms with E-state index in [4.69, 9.17) is 18.9 Å². The van der Waals surface area contributed by atoms with Crippen LogP contribution in [0, 0.1) is 0 Å². The van der Waals surface area contributed by atoms with E-state index < -0.39 is 86.8 Å². The molecule has 0 aromatic carbocycles. The number of carbonyl (C=O) groups is 1. The Morgan fingerprint density at radius 2 is 0.758 bits per heavy atom. The van der Waals surface area contributed by atoms with Gasteiger partial charge in [0.15, 0.2) is 12.6 Å². The summed E-state index contributed by atoms with van der Waals surface area (Å²) in [7, 11) is 0. The van der Waals surface area contributed by atoms with Gasteiger partial charge in [-0.05, 0) is 89.9 Å². The molecular formula is C77H131NO13. The number of carbonyl (C=O) groups excluding carboxylic acids is 1. The largest absolute Gasteiger partial charge is 0.394 e. The van der Waals surface area contributed by atoms with E-state index in [-0.39, 0.29) is 18.9 Å². The SMILES string of the molecule is CC/C=C\C/C=C\C/C=C\C/C=C\C/C=C\C/C=C\C/C=C\C/C=C\C/C=C\C/C=C\CCCCCCC(=O)NC(COC1OC(CO)C(OC2OC(CO)C(O)C(O)C2O)C(O)C1O)C(O)CCCCCCCCCCCCCCCCCCCCCCCC. The van der Waals surface area contributed by atoms with Gasteiger partial charge in [0.05, 0.1) is 32.0 Å². The highest BCUT2D eigenvalue weighted by atomic mass is 16.7. The third kappa shape index (κ3) is 43.9. The number of hydrogen-bond donors (Lipinski definition) is 9. The number of nitrogens with one attached hydrogen (secondary N) is 1. The van der Waals surface area contributed by atoms with Crippen LogP contribution in [0.15, 0.2) is 122 Å². The van der Waals surface area contributed by atoms with Crippen molar-refractivity contribution in [3.63, 3.8) is 0 Å². The first-order valence-corrected chi connectivity index (χ1v) is 36.3. The van der Waals surface area contributed by atoms with Gasteiger partial charge in [0.1, 0.15) is 48.8 Å². The highest BCUT2D eigenvalue weighted by molar-refractivity contribution is 5.76. The molecule has 12 unspecified atom stereocenters. The van der Waals surface area contributed by atoms with Crippen LogP contribution < -0.4 is 5.32 Å². The third-order valence-electron chi connectivity index (χ3n) is 16.9. The van der Waals surface area contributed by atoms with Gasteiger partial charge in [0.2, 0.25) is 5.91 Å². The van der Waals surface area contributed by atoms with E-state index in [0.717, 1.165) is 116 Å². The fraction of sp³-hybridized carbons (Fsp3) is 0.727. The van der Waals surface area contributed by atoms with Gasteiger partial charge in [-0.25, -0.2) is 0 Å². The maximum absolute atomic E-state index is 13.4. The van der Waals surface area contributed by atoms with E-state index in [2.05, 4.69) is 141 Å². The lowest BCUT2D eigenvalue weighted by molar-refractivity contribution is -0.359. The van der Waals surface area contributed by atoms with Gasteiger partial charge in [0, 0.05) is 6.42 Å². The van der Waals surface area contributed by atoms with Crippen molar-refractivity contribution in [3.8, 4) is 0 Å². The second kappa shape index (κ2) is 60.1. The van der Waals surface area contributed by atoms with Gasteiger partial charge < -0.3 is 65.1 Å². The summed E-state index contributed by atoms with van der Waals surface area (Å²) in [6, 6.07) is -0.853. The molecule has 12 atom stereocenters. The molecule has 2 aliphatic heterocycles. The summed E-state index contributed by atoms with van der Waals surface area (Å²) in [5.74, 6) is -0.233. The number of hydrogen-bond acceptors (Lipinski definition) is 13. The zero-order valence-corrected chi connectivity index (χ0v) is 56.8. The van der Waals surface area contributed by atoms with Gasteiger partial charge in [0.25, 0.3) is 0 Å². The number of rotatable bonds is 58. The number of aliphatic hydroxyl groups is 8. The predicted octanol–water partition coefficient (Wildman–Crippen LogP) is 15.3. The lowest BCUT2D eigenvalue weighted by Crippen LogP contribution is -2.65. The Hall–Kier alpha value is -3.61. The van der Waals surface area contributed by atoms with Crippen molar-refractivity contribution in [1.82, 2.24) is 5.32 Å². The molecule has 0 saturated carbocycles. The Morgan fingerprint density at radius 1 is 0.407 bits per heavy atom. The van der Waals surface area contributed by atoms with Gasteiger partial charge in [-0.3, -0.25) is 4.79 Å². The van der Waals surface area contributed by atoms with Gasteiger partial charge in [-0.1, -0.05) is 289 Å². The van der Waals surface area contributed by atoms with Gasteiger partial charge in [-0.2, -0.15) is 0 Å². The first-order valence-electron chi connectivity index (χ1n) is 36.3. The highest BCUT2D eigenvalue weighted by Crippen LogP contribution is 2.30. The summed E-state index contributed by atoms with van der Waals surface area (Å²) in [6.07, 6.45) is 70.6. The van der Waals surface area contributed by atoms with Crippen LogP contribution in [0.2, 0.25) is 0 Å². The summed E-state index contributed by atoms with van der Waals surface area (Å²) in [5.41, 5.74) is 0. The molecule has 522 valence electrons. The molecule has 0 aromatic rings. The van der Waals surface area contributed by atoms with E-state index in [1.165, 1.54) is 116 Å². The molecule has 14 heteroatoms. The zero-order chi connectivity index (χ0) is 65.9. The smallest absolute Gasteiger partial charge is 0.220 e. The molecule has 14 nitrogen and oxygen atoms in total. The topological polar surface area (TPSA) is 228 Å². The van der Waals surface area contributed by atoms with E-state index in [1.54, 1.807) is 0 Å². The summed E-state index contributed by atoms with van der Waals surface area (Å²) in [4.78, 5) is 13.4. The first kappa shape index (κ1) is 83.5. The van der Waals surface area contributed by atoms with Crippen molar-refractivity contribution in [2.45, 2.75) is 338 Å². The van der Waals surface area contributed by atoms with Crippen LogP contribution in [0.5, 0.6) is 0 Å². The summed E-state index contributed by atoms with van der Waals surface area (Å²) in [6.45, 7) is 2.75. The standard InChI is InChI=1S/C77H131NO13/c1-3-5-7-9-11-13-15-17-19-21-23-25-27-28-29-30-31-32-33-34-35-36-37-38-39-41-43-45-47-49-51-53-55-57-59-61-69(82)78-65(64-88-76-74(87)72(85)75(68(63-80)90-76)91-77-73(86)71(84)70(83)67(62-79)89-77)66(81)60-58-56-54-52-50-48-46-44-42-40-26-24-22-20-18-16-14-12-10-8-6-4-2/h5,7,11,13,17,19,23,25,28-29,31-32,34-35,37-38,41,43,47,49,65-68,70-77,79-81,83-87H,3-4,6,8-10,12,14-16,18,20-22,24,26-27,30,33,36,39-40,42,44-46,48,50-64H2,1-2H3,(H,78,82)/b7-5-,13-11-,19-17-,25-23-,29-28-,32-31-,35-34-,38-37-,43-41-,49-47-. The molecule has 0 spiro atoms. The minimum Gasteiger partial charge on any atom is -0.394 e. The monoisotopic (exact) mass is 1280 g/mol. The van der Waals surface area contributed by atoms with Crippen LogP contribution >= 0.6 is 0 Å². The maximum atomic E-state index is 13.4. The zero-order valence-electron chi connectivity index (χ0n) is 56.8. The summed E-state index contributed by atoms with van der Waals surface area (Å²) >= 11 is 0. The van der Waals surface area contributed by atoms with Gasteiger partial charge in [-0.15, -0.1) is 0 Å². The summed E-state index contributed by atoms with van der Waals surface area (Å²) < 4.78 is 22.9. The molecule has 0 aliphatic carbocycles. The van der Waals surface area contributed by atoms with Crippen LogP contribution in [0.3, 0.4) is 0 Å². The van der Waals surface area contributed by atoms with E-state index in [0.29, 0.717) is 12.8 Å². The van der Waals surface area contributed by atoms with Crippen molar-refractivity contribution in [2.75, 3.05) is 19.8 Å². The average molecular weight is 1280 g/mol. The molecule has 2 fully saturated rings. The molecule has 9 N–H and O–H groups in total. The number of unbranched alkanes of at least 4 members (excludes halogenated alkanes) is 25. The van der Waals surface area contributed by atoms with Crippen molar-refractivity contribution in [3.05, 3.63) is 122 Å². The van der Waals surface area contributed by atoms with E-state index >= 15 is 0 Å². The Kier molecular flexibility index (Phi) is 55.1. The van der Waals surface area contributed by atoms with Crippen molar-refractivity contribution < 1.29 is 64.6 Å². The molecular weight excluding hydrogens is 1150 g/mol. The molecule has 2 rings (SSSR count). The van der Waals surface area contributed by atoms with Crippen LogP contribution in [-0.2, 0) is 23.7 Å². The molecule has 2 aliphatic rings. The molecule has 1 amide bonds. The Labute approximate surface area is 552 Å². The molecule has 91 heavy (non-hydrogen) atoms. The quantitative estimate of drug-likeness (QED) is 0.0204. The van der Waals surface area contributed by atoms with Crippen molar-refractivity contribution in [1.29, 1.82) is 0 Å². The maximum Gasteiger partial charge on any atom is 0.220 e. The lowest BCUT2D eigenvalue weighted by Gasteiger charge is -2.46. The Balaban J connectivity index is 1.68. The summed E-state index contributed by atoms with van der Waals surface area (Å²) in [5, 5.41) is 87.6. The number of ether oxygens (including phenoxy) is 4. The number of amides is 1. The third-order valence-corrected chi connectivity index (χ3v) is 16.9. The van der Waals surface area contributed by atoms with Crippen molar-refractivity contribution >= 4 is 5.91 Å². The second-order valence-electron chi connectivity index (χ2n) is 25.0. The molecule has 2 heterocycles. The Bertz CT molecular complexity index is 1990. The highest BCUT2D eigenvalue weighted by Gasteiger charge is 2.51. The number of aliphatic hydroxyl groups excluding tert-OH is 8. The van der Waals surface area contributed by atoms with Gasteiger partial charge >= 0.3 is 0 Å². The fourth-order valence-electron chi connectivity index (χ4n) is 11.2. The fourth-order valence-corrected chi connectivity index (χ4v) is 11.2. The van der Waals surface area contributed by atoms with E-state index in [9.17, 15) is 45.6 Å². The van der Waals surface area contributed by atoms with Crippen LogP contribution in [0.1, 0.15) is 264 Å². The lowest BCUT2D eigenvalue weighted by atomic mass is 9.97. The molecule has 0 radical (unpaired) electrons. The predicted molar refractivity (Wildman–Crippen MR) is 373 cm³/mol. The van der Waals surface area contributed by atoms with E-state index in [1.807, 2.05) is 0 Å². The first-order chi connectivity index (χ1) is 44.6. The normalized spacial score (nSPS) is 23.5.